The van der Waals surface area contributed by atoms with E-state index < -0.39 is 0 Å². The summed E-state index contributed by atoms with van der Waals surface area (Å²) in [6, 6.07) is 1.98. The molecule has 0 aliphatic carbocycles. The van der Waals surface area contributed by atoms with Crippen molar-refractivity contribution in [3.8, 4) is 0 Å². The molecule has 1 rings (SSSR count). The minimum Gasteiger partial charge on any atom is -0.363 e. The van der Waals surface area contributed by atoms with Crippen molar-refractivity contribution in [2.24, 2.45) is 5.73 Å². The van der Waals surface area contributed by atoms with Crippen LogP contribution >= 0.6 is 11.8 Å². The van der Waals surface area contributed by atoms with Gasteiger partial charge in [-0.3, -0.25) is 0 Å². The van der Waals surface area contributed by atoms with Gasteiger partial charge in [0.25, 0.3) is 0 Å². The van der Waals surface area contributed by atoms with Crippen LogP contribution in [0.3, 0.4) is 0 Å². The van der Waals surface area contributed by atoms with Gasteiger partial charge < -0.3 is 10.6 Å². The molecule has 1 aromatic rings. The van der Waals surface area contributed by atoms with Crippen LogP contribution in [0.1, 0.15) is 5.69 Å². The standard InChI is InChI=1S/C9H16N4S/c1-13(2)8-6-7(4-5-10)11-9(12-8)14-3/h6H,4-5,10H2,1-3H3. The number of hydrogen-bond acceptors (Lipinski definition) is 5. The summed E-state index contributed by atoms with van der Waals surface area (Å²) in [5.74, 6) is 0.938. The summed E-state index contributed by atoms with van der Waals surface area (Å²) in [6.45, 7) is 0.623. The van der Waals surface area contributed by atoms with Gasteiger partial charge in [-0.15, -0.1) is 0 Å². The zero-order valence-corrected chi connectivity index (χ0v) is 9.64. The predicted molar refractivity (Wildman–Crippen MR) is 60.9 cm³/mol. The summed E-state index contributed by atoms with van der Waals surface area (Å²) >= 11 is 1.55. The first kappa shape index (κ1) is 11.3. The third-order valence-corrected chi connectivity index (χ3v) is 2.33. The summed E-state index contributed by atoms with van der Waals surface area (Å²) in [5, 5.41) is 0.805. The minimum absolute atomic E-state index is 0.623. The maximum absolute atomic E-state index is 5.50. The smallest absolute Gasteiger partial charge is 0.189 e. The van der Waals surface area contributed by atoms with Gasteiger partial charge in [0.15, 0.2) is 5.16 Å². The van der Waals surface area contributed by atoms with Crippen molar-refractivity contribution in [2.75, 3.05) is 31.8 Å². The Morgan fingerprint density at radius 2 is 2.14 bits per heavy atom. The Kier molecular flexibility index (Phi) is 4.16. The normalized spacial score (nSPS) is 10.3. The molecule has 0 spiro atoms. The number of anilines is 1. The molecule has 0 saturated heterocycles. The lowest BCUT2D eigenvalue weighted by molar-refractivity contribution is 0.841. The molecular formula is C9H16N4S. The monoisotopic (exact) mass is 212 g/mol. The van der Waals surface area contributed by atoms with Crippen LogP contribution in [0, 0.1) is 0 Å². The Morgan fingerprint density at radius 1 is 1.43 bits per heavy atom. The van der Waals surface area contributed by atoms with E-state index in [-0.39, 0.29) is 0 Å². The fourth-order valence-corrected chi connectivity index (χ4v) is 1.45. The molecule has 78 valence electrons. The second kappa shape index (κ2) is 5.17. The van der Waals surface area contributed by atoms with Gasteiger partial charge in [0.2, 0.25) is 0 Å². The molecule has 2 N–H and O–H groups in total. The maximum atomic E-state index is 5.50. The van der Waals surface area contributed by atoms with Crippen LogP contribution in [-0.2, 0) is 6.42 Å². The van der Waals surface area contributed by atoms with Crippen LogP contribution in [0.2, 0.25) is 0 Å². The van der Waals surface area contributed by atoms with Crippen LogP contribution in [0.4, 0.5) is 5.82 Å². The van der Waals surface area contributed by atoms with E-state index >= 15 is 0 Å². The number of aromatic nitrogens is 2. The Bertz CT molecular complexity index is 301. The van der Waals surface area contributed by atoms with E-state index in [0.29, 0.717) is 6.54 Å². The summed E-state index contributed by atoms with van der Waals surface area (Å²) in [4.78, 5) is 10.7. The molecule has 0 bridgehead atoms. The molecule has 1 aromatic heterocycles. The van der Waals surface area contributed by atoms with Gasteiger partial charge in [0.05, 0.1) is 0 Å². The van der Waals surface area contributed by atoms with Crippen molar-refractivity contribution in [3.63, 3.8) is 0 Å². The van der Waals surface area contributed by atoms with E-state index in [1.165, 1.54) is 0 Å². The molecule has 0 unspecified atom stereocenters. The lowest BCUT2D eigenvalue weighted by atomic mass is 10.3. The van der Waals surface area contributed by atoms with Crippen molar-refractivity contribution in [3.05, 3.63) is 11.8 Å². The van der Waals surface area contributed by atoms with Gasteiger partial charge in [0.1, 0.15) is 5.82 Å². The molecule has 0 radical (unpaired) electrons. The SMILES string of the molecule is CSc1nc(CCN)cc(N(C)C)n1. The third-order valence-electron chi connectivity index (χ3n) is 1.79. The van der Waals surface area contributed by atoms with Crippen molar-refractivity contribution in [1.82, 2.24) is 9.97 Å². The van der Waals surface area contributed by atoms with E-state index in [1.807, 2.05) is 31.3 Å². The van der Waals surface area contributed by atoms with Crippen LogP contribution in [0.15, 0.2) is 11.2 Å². The summed E-state index contributed by atoms with van der Waals surface area (Å²) < 4.78 is 0. The fraction of sp³-hybridized carbons (Fsp3) is 0.556. The van der Waals surface area contributed by atoms with E-state index in [4.69, 9.17) is 5.73 Å². The zero-order chi connectivity index (χ0) is 10.6. The topological polar surface area (TPSA) is 55.0 Å². The van der Waals surface area contributed by atoms with E-state index in [0.717, 1.165) is 23.1 Å². The van der Waals surface area contributed by atoms with E-state index in [9.17, 15) is 0 Å². The number of hydrogen-bond donors (Lipinski definition) is 1. The summed E-state index contributed by atoms with van der Waals surface area (Å²) in [5.41, 5.74) is 6.51. The highest BCUT2D eigenvalue weighted by atomic mass is 32.2. The zero-order valence-electron chi connectivity index (χ0n) is 8.82. The highest BCUT2D eigenvalue weighted by Crippen LogP contribution is 2.15. The average molecular weight is 212 g/mol. The molecule has 0 saturated carbocycles. The molecule has 4 nitrogen and oxygen atoms in total. The fourth-order valence-electron chi connectivity index (χ4n) is 1.06. The number of nitrogens with zero attached hydrogens (tertiary/aromatic N) is 3. The molecule has 14 heavy (non-hydrogen) atoms. The van der Waals surface area contributed by atoms with Gasteiger partial charge in [-0.1, -0.05) is 11.8 Å². The van der Waals surface area contributed by atoms with Gasteiger partial charge in [-0.2, -0.15) is 0 Å². The number of thioether (sulfide) groups is 1. The Morgan fingerprint density at radius 3 is 2.64 bits per heavy atom. The van der Waals surface area contributed by atoms with Gasteiger partial charge in [0, 0.05) is 32.3 Å². The highest BCUT2D eigenvalue weighted by molar-refractivity contribution is 7.98. The quantitative estimate of drug-likeness (QED) is 0.590. The molecule has 5 heteroatoms. The largest absolute Gasteiger partial charge is 0.363 e. The molecule has 1 heterocycles. The van der Waals surface area contributed by atoms with Crippen LogP contribution in [0.25, 0.3) is 0 Å². The van der Waals surface area contributed by atoms with Crippen molar-refractivity contribution in [1.29, 1.82) is 0 Å². The molecule has 0 aliphatic rings. The molecule has 0 aromatic carbocycles. The van der Waals surface area contributed by atoms with Crippen LogP contribution in [0.5, 0.6) is 0 Å². The first-order valence-corrected chi connectivity index (χ1v) is 5.69. The van der Waals surface area contributed by atoms with E-state index in [1.54, 1.807) is 11.8 Å². The maximum Gasteiger partial charge on any atom is 0.189 e. The third kappa shape index (κ3) is 2.85. The summed E-state index contributed by atoms with van der Waals surface area (Å²) in [7, 11) is 3.94. The van der Waals surface area contributed by atoms with Gasteiger partial charge in [-0.25, -0.2) is 9.97 Å². The van der Waals surface area contributed by atoms with Crippen LogP contribution in [-0.4, -0.2) is 36.9 Å². The van der Waals surface area contributed by atoms with Crippen LogP contribution < -0.4 is 10.6 Å². The second-order valence-electron chi connectivity index (χ2n) is 3.14. The van der Waals surface area contributed by atoms with Gasteiger partial charge in [-0.05, 0) is 12.8 Å². The van der Waals surface area contributed by atoms with Crippen molar-refractivity contribution < 1.29 is 0 Å². The molecule has 0 amide bonds. The van der Waals surface area contributed by atoms with Crippen molar-refractivity contribution in [2.45, 2.75) is 11.6 Å². The molecule has 0 atom stereocenters. The molecular weight excluding hydrogens is 196 g/mol. The average Bonchev–Trinajstić information content (AvgIpc) is 2.17. The lowest BCUT2D eigenvalue weighted by Gasteiger charge is -2.13. The van der Waals surface area contributed by atoms with Crippen molar-refractivity contribution >= 4 is 17.6 Å². The Labute approximate surface area is 88.9 Å². The first-order chi connectivity index (χ1) is 6.67. The second-order valence-corrected chi connectivity index (χ2v) is 3.91. The predicted octanol–water partition coefficient (Wildman–Crippen LogP) is 0.766. The molecule has 0 fully saturated rings. The highest BCUT2D eigenvalue weighted by Gasteiger charge is 2.04. The number of nitrogens with two attached hydrogens (primary N) is 1. The Balaban J connectivity index is 3.00. The molecule has 0 aliphatic heterocycles. The first-order valence-electron chi connectivity index (χ1n) is 4.46. The number of rotatable bonds is 4. The summed E-state index contributed by atoms with van der Waals surface area (Å²) in [6.07, 6.45) is 2.78. The minimum atomic E-state index is 0.623. The van der Waals surface area contributed by atoms with Gasteiger partial charge >= 0.3 is 0 Å². The van der Waals surface area contributed by atoms with E-state index in [2.05, 4.69) is 9.97 Å². The Hall–Kier alpha value is -0.810. The lowest BCUT2D eigenvalue weighted by Crippen LogP contribution is -2.13.